The van der Waals surface area contributed by atoms with E-state index in [0.29, 0.717) is 18.7 Å². The SMILES string of the molecule is CC(C)(C)n1c(O)c2n(c1=O)Cc1[nH]cnc1C2. The predicted octanol–water partition coefficient (Wildman–Crippen LogP) is 0.786. The largest absolute Gasteiger partial charge is 0.493 e. The van der Waals surface area contributed by atoms with Crippen LogP contribution in [0, 0.1) is 0 Å². The summed E-state index contributed by atoms with van der Waals surface area (Å²) in [6, 6.07) is 0. The predicted molar refractivity (Wildman–Crippen MR) is 65.8 cm³/mol. The molecule has 0 amide bonds. The van der Waals surface area contributed by atoms with Crippen LogP contribution in [0.4, 0.5) is 0 Å². The summed E-state index contributed by atoms with van der Waals surface area (Å²) in [7, 11) is 0. The maximum atomic E-state index is 12.3. The van der Waals surface area contributed by atoms with Gasteiger partial charge in [-0.05, 0) is 20.8 Å². The fourth-order valence-corrected chi connectivity index (χ4v) is 2.47. The minimum Gasteiger partial charge on any atom is -0.493 e. The van der Waals surface area contributed by atoms with E-state index < -0.39 is 5.54 Å². The Balaban J connectivity index is 2.22. The molecule has 0 spiro atoms. The van der Waals surface area contributed by atoms with Crippen molar-refractivity contribution >= 4 is 0 Å². The lowest BCUT2D eigenvalue weighted by atomic mass is 10.1. The fraction of sp³-hybridized carbons (Fsp3) is 0.500. The molecule has 0 saturated carbocycles. The van der Waals surface area contributed by atoms with Crippen molar-refractivity contribution in [3.8, 4) is 5.88 Å². The van der Waals surface area contributed by atoms with E-state index in [9.17, 15) is 9.90 Å². The van der Waals surface area contributed by atoms with Gasteiger partial charge in [-0.15, -0.1) is 0 Å². The number of imidazole rings is 2. The van der Waals surface area contributed by atoms with Gasteiger partial charge in [0.1, 0.15) is 0 Å². The Morgan fingerprint density at radius 1 is 1.44 bits per heavy atom. The van der Waals surface area contributed by atoms with Crippen LogP contribution in [0.5, 0.6) is 5.88 Å². The average molecular weight is 248 g/mol. The van der Waals surface area contributed by atoms with Crippen LogP contribution in [0.25, 0.3) is 0 Å². The smallest absolute Gasteiger partial charge is 0.332 e. The summed E-state index contributed by atoms with van der Waals surface area (Å²) >= 11 is 0. The van der Waals surface area contributed by atoms with Crippen LogP contribution in [0.3, 0.4) is 0 Å². The zero-order valence-corrected chi connectivity index (χ0v) is 10.7. The minimum absolute atomic E-state index is 0.0566. The number of hydrogen-bond acceptors (Lipinski definition) is 3. The molecule has 0 fully saturated rings. The third-order valence-corrected chi connectivity index (χ3v) is 3.35. The van der Waals surface area contributed by atoms with Gasteiger partial charge in [0, 0.05) is 12.0 Å². The second kappa shape index (κ2) is 3.28. The Morgan fingerprint density at radius 2 is 2.17 bits per heavy atom. The molecule has 2 N–H and O–H groups in total. The summed E-state index contributed by atoms with van der Waals surface area (Å²) in [5, 5.41) is 10.3. The first-order chi connectivity index (χ1) is 8.39. The lowest BCUT2D eigenvalue weighted by Gasteiger charge is -2.20. The van der Waals surface area contributed by atoms with E-state index in [1.54, 1.807) is 10.9 Å². The van der Waals surface area contributed by atoms with Crippen LogP contribution < -0.4 is 5.69 Å². The number of H-pyrrole nitrogens is 1. The normalized spacial score (nSPS) is 14.4. The Hall–Kier alpha value is -1.98. The molecule has 0 atom stereocenters. The van der Waals surface area contributed by atoms with Crippen molar-refractivity contribution in [3.05, 3.63) is 33.9 Å². The standard InChI is InChI=1S/C12H16N4O2/c1-12(2,3)16-10(17)9-4-7-8(14-6-13-7)5-15(9)11(16)18/h6,17H,4-5H2,1-3H3,(H,13,14). The van der Waals surface area contributed by atoms with Gasteiger partial charge in [-0.1, -0.05) is 0 Å². The molecular weight excluding hydrogens is 232 g/mol. The van der Waals surface area contributed by atoms with E-state index in [1.807, 2.05) is 20.8 Å². The zero-order chi connectivity index (χ0) is 13.1. The molecule has 6 heteroatoms. The van der Waals surface area contributed by atoms with Gasteiger partial charge in [-0.2, -0.15) is 0 Å². The van der Waals surface area contributed by atoms with Crippen molar-refractivity contribution in [2.45, 2.75) is 39.3 Å². The second-order valence-corrected chi connectivity index (χ2v) is 5.65. The maximum Gasteiger partial charge on any atom is 0.332 e. The van der Waals surface area contributed by atoms with Gasteiger partial charge in [-0.25, -0.2) is 9.78 Å². The van der Waals surface area contributed by atoms with Crippen LogP contribution in [-0.2, 0) is 18.5 Å². The highest BCUT2D eigenvalue weighted by Crippen LogP contribution is 2.29. The molecule has 1 aliphatic heterocycles. The van der Waals surface area contributed by atoms with Crippen LogP contribution in [0.1, 0.15) is 37.9 Å². The quantitative estimate of drug-likeness (QED) is 0.617. The Bertz CT molecular complexity index is 669. The van der Waals surface area contributed by atoms with E-state index in [1.165, 1.54) is 4.57 Å². The lowest BCUT2D eigenvalue weighted by Crippen LogP contribution is -2.35. The fourth-order valence-electron chi connectivity index (χ4n) is 2.47. The molecule has 6 nitrogen and oxygen atoms in total. The molecule has 2 aromatic heterocycles. The van der Waals surface area contributed by atoms with Crippen molar-refractivity contribution in [2.75, 3.05) is 0 Å². The van der Waals surface area contributed by atoms with Crippen molar-refractivity contribution in [2.24, 2.45) is 0 Å². The van der Waals surface area contributed by atoms with Crippen LogP contribution >= 0.6 is 0 Å². The third-order valence-electron chi connectivity index (χ3n) is 3.35. The van der Waals surface area contributed by atoms with E-state index in [-0.39, 0.29) is 11.6 Å². The topological polar surface area (TPSA) is 75.8 Å². The van der Waals surface area contributed by atoms with E-state index >= 15 is 0 Å². The number of fused-ring (bicyclic) bond motifs is 2. The molecule has 0 radical (unpaired) electrons. The lowest BCUT2D eigenvalue weighted by molar-refractivity contribution is 0.316. The summed E-state index contributed by atoms with van der Waals surface area (Å²) in [5.74, 6) is 0.0566. The van der Waals surface area contributed by atoms with Gasteiger partial charge in [-0.3, -0.25) is 9.13 Å². The number of aromatic hydroxyl groups is 1. The summed E-state index contributed by atoms with van der Waals surface area (Å²) in [4.78, 5) is 19.6. The first kappa shape index (κ1) is 11.1. The summed E-state index contributed by atoms with van der Waals surface area (Å²) in [6.45, 7) is 6.15. The Morgan fingerprint density at radius 3 is 2.83 bits per heavy atom. The minimum atomic E-state index is -0.438. The van der Waals surface area contributed by atoms with E-state index in [2.05, 4.69) is 9.97 Å². The monoisotopic (exact) mass is 248 g/mol. The summed E-state index contributed by atoms with van der Waals surface area (Å²) in [5.41, 5.74) is 1.88. The Labute approximate surface area is 104 Å². The number of rotatable bonds is 0. The number of nitrogens with zero attached hydrogens (tertiary/aromatic N) is 3. The number of aromatic nitrogens is 4. The van der Waals surface area contributed by atoms with Gasteiger partial charge < -0.3 is 10.1 Å². The summed E-state index contributed by atoms with van der Waals surface area (Å²) in [6.07, 6.45) is 2.11. The van der Waals surface area contributed by atoms with Gasteiger partial charge in [0.2, 0.25) is 5.88 Å². The highest BCUT2D eigenvalue weighted by molar-refractivity contribution is 5.32. The molecule has 0 aromatic carbocycles. The molecule has 18 heavy (non-hydrogen) atoms. The average Bonchev–Trinajstić information content (AvgIpc) is 2.80. The number of nitrogens with one attached hydrogen (secondary N) is 1. The van der Waals surface area contributed by atoms with E-state index in [4.69, 9.17) is 0 Å². The molecule has 0 saturated heterocycles. The molecule has 3 rings (SSSR count). The van der Waals surface area contributed by atoms with Crippen LogP contribution in [-0.4, -0.2) is 24.2 Å². The van der Waals surface area contributed by atoms with Gasteiger partial charge in [0.15, 0.2) is 0 Å². The van der Waals surface area contributed by atoms with Gasteiger partial charge in [0.25, 0.3) is 0 Å². The highest BCUT2D eigenvalue weighted by atomic mass is 16.3. The van der Waals surface area contributed by atoms with Crippen molar-refractivity contribution in [3.63, 3.8) is 0 Å². The first-order valence-corrected chi connectivity index (χ1v) is 5.94. The molecule has 0 bridgehead atoms. The second-order valence-electron chi connectivity index (χ2n) is 5.65. The highest BCUT2D eigenvalue weighted by Gasteiger charge is 2.30. The van der Waals surface area contributed by atoms with Crippen LogP contribution in [0.2, 0.25) is 0 Å². The number of aromatic amines is 1. The summed E-state index contributed by atoms with van der Waals surface area (Å²) < 4.78 is 3.05. The van der Waals surface area contributed by atoms with Crippen molar-refractivity contribution in [1.29, 1.82) is 0 Å². The molecule has 0 aliphatic carbocycles. The molecule has 3 heterocycles. The molecule has 2 aromatic rings. The Kier molecular flexibility index (Phi) is 2.03. The molecular formula is C12H16N4O2. The van der Waals surface area contributed by atoms with E-state index in [0.717, 1.165) is 11.4 Å². The zero-order valence-electron chi connectivity index (χ0n) is 10.7. The first-order valence-electron chi connectivity index (χ1n) is 5.94. The van der Waals surface area contributed by atoms with Gasteiger partial charge >= 0.3 is 5.69 Å². The number of hydrogen-bond donors (Lipinski definition) is 2. The maximum absolute atomic E-state index is 12.3. The van der Waals surface area contributed by atoms with Crippen LogP contribution in [0.15, 0.2) is 11.1 Å². The van der Waals surface area contributed by atoms with Crippen molar-refractivity contribution in [1.82, 2.24) is 19.1 Å². The van der Waals surface area contributed by atoms with Gasteiger partial charge in [0.05, 0.1) is 30.0 Å². The molecule has 96 valence electrons. The molecule has 1 aliphatic rings. The molecule has 0 unspecified atom stereocenters. The van der Waals surface area contributed by atoms with Crippen molar-refractivity contribution < 1.29 is 5.11 Å². The third kappa shape index (κ3) is 1.35.